The van der Waals surface area contributed by atoms with Gasteiger partial charge >= 0.3 is 0 Å². The number of oxazole rings is 1. The Balaban J connectivity index is 2.11. The van der Waals surface area contributed by atoms with E-state index < -0.39 is 0 Å². The van der Waals surface area contributed by atoms with Crippen molar-refractivity contribution in [2.45, 2.75) is 0 Å². The number of rotatable bonds is 3. The molecule has 0 fully saturated rings. The SMILES string of the molecule is O=C(C=Cc1cocn1)c1ccccc1. The van der Waals surface area contributed by atoms with Crippen LogP contribution >= 0.6 is 0 Å². The van der Waals surface area contributed by atoms with Gasteiger partial charge in [0.25, 0.3) is 0 Å². The molecule has 3 nitrogen and oxygen atoms in total. The zero-order valence-corrected chi connectivity index (χ0v) is 7.96. The standard InChI is InChI=1S/C12H9NO2/c14-12(10-4-2-1-3-5-10)7-6-11-8-15-9-13-11/h1-9H. The second-order valence-corrected chi connectivity index (χ2v) is 2.98. The number of carbonyl (C=O) groups excluding carboxylic acids is 1. The number of allylic oxidation sites excluding steroid dienone is 1. The van der Waals surface area contributed by atoms with Crippen molar-refractivity contribution >= 4 is 11.9 Å². The van der Waals surface area contributed by atoms with E-state index in [0.717, 1.165) is 0 Å². The molecule has 0 bridgehead atoms. The van der Waals surface area contributed by atoms with Crippen LogP contribution in [0.3, 0.4) is 0 Å². The summed E-state index contributed by atoms with van der Waals surface area (Å²) >= 11 is 0. The first kappa shape index (κ1) is 9.40. The summed E-state index contributed by atoms with van der Waals surface area (Å²) in [6, 6.07) is 9.08. The normalized spacial score (nSPS) is 10.7. The van der Waals surface area contributed by atoms with E-state index in [0.29, 0.717) is 11.3 Å². The molecule has 1 aromatic heterocycles. The number of hydrogen-bond acceptors (Lipinski definition) is 3. The van der Waals surface area contributed by atoms with Crippen LogP contribution in [0, 0.1) is 0 Å². The van der Waals surface area contributed by atoms with Gasteiger partial charge in [-0.3, -0.25) is 4.79 Å². The summed E-state index contributed by atoms with van der Waals surface area (Å²) in [6.07, 6.45) is 5.91. The molecule has 0 radical (unpaired) electrons. The average Bonchev–Trinajstić information content (AvgIpc) is 2.80. The zero-order valence-electron chi connectivity index (χ0n) is 7.96. The zero-order chi connectivity index (χ0) is 10.5. The van der Waals surface area contributed by atoms with Gasteiger partial charge in [0.15, 0.2) is 12.2 Å². The lowest BCUT2D eigenvalue weighted by molar-refractivity contribution is 0.104. The average molecular weight is 199 g/mol. The van der Waals surface area contributed by atoms with Crippen LogP contribution in [0.1, 0.15) is 16.1 Å². The molecule has 2 rings (SSSR count). The molecular formula is C12H9NO2. The molecule has 74 valence electrons. The van der Waals surface area contributed by atoms with Crippen LogP contribution in [0.15, 0.2) is 53.5 Å². The number of carbonyl (C=O) groups is 1. The number of nitrogens with zero attached hydrogens (tertiary/aromatic N) is 1. The van der Waals surface area contributed by atoms with Gasteiger partial charge in [0.2, 0.25) is 0 Å². The van der Waals surface area contributed by atoms with Gasteiger partial charge in [-0.25, -0.2) is 4.98 Å². The van der Waals surface area contributed by atoms with Gasteiger partial charge < -0.3 is 4.42 Å². The van der Waals surface area contributed by atoms with Crippen LogP contribution < -0.4 is 0 Å². The molecule has 0 atom stereocenters. The Morgan fingerprint density at radius 2 is 2.07 bits per heavy atom. The molecule has 0 spiro atoms. The predicted octanol–water partition coefficient (Wildman–Crippen LogP) is 2.57. The van der Waals surface area contributed by atoms with Crippen molar-refractivity contribution in [2.24, 2.45) is 0 Å². The molecular weight excluding hydrogens is 190 g/mol. The molecule has 1 heterocycles. The third-order valence-corrected chi connectivity index (χ3v) is 1.92. The lowest BCUT2D eigenvalue weighted by atomic mass is 10.1. The minimum Gasteiger partial charge on any atom is -0.451 e. The van der Waals surface area contributed by atoms with Crippen molar-refractivity contribution < 1.29 is 9.21 Å². The maximum Gasteiger partial charge on any atom is 0.185 e. The quantitative estimate of drug-likeness (QED) is 0.563. The highest BCUT2D eigenvalue weighted by atomic mass is 16.3. The highest BCUT2D eigenvalue weighted by molar-refractivity contribution is 6.06. The van der Waals surface area contributed by atoms with E-state index in [9.17, 15) is 4.79 Å². The van der Waals surface area contributed by atoms with Crippen LogP contribution in [-0.2, 0) is 0 Å². The van der Waals surface area contributed by atoms with Crippen LogP contribution in [0.4, 0.5) is 0 Å². The molecule has 0 N–H and O–H groups in total. The first-order valence-electron chi connectivity index (χ1n) is 4.52. The Morgan fingerprint density at radius 3 is 2.73 bits per heavy atom. The van der Waals surface area contributed by atoms with Gasteiger partial charge in [0.05, 0.1) is 0 Å². The van der Waals surface area contributed by atoms with Crippen LogP contribution in [-0.4, -0.2) is 10.8 Å². The molecule has 0 saturated heterocycles. The summed E-state index contributed by atoms with van der Waals surface area (Å²) in [4.78, 5) is 15.5. The number of aromatic nitrogens is 1. The monoisotopic (exact) mass is 199 g/mol. The van der Waals surface area contributed by atoms with Crippen molar-refractivity contribution in [2.75, 3.05) is 0 Å². The minimum atomic E-state index is -0.0430. The predicted molar refractivity (Wildman–Crippen MR) is 56.3 cm³/mol. The topological polar surface area (TPSA) is 43.1 Å². The Bertz CT molecular complexity index is 458. The maximum atomic E-state index is 11.6. The Morgan fingerprint density at radius 1 is 1.27 bits per heavy atom. The van der Waals surface area contributed by atoms with E-state index >= 15 is 0 Å². The summed E-state index contributed by atoms with van der Waals surface area (Å²) < 4.78 is 4.78. The second-order valence-electron chi connectivity index (χ2n) is 2.98. The fourth-order valence-corrected chi connectivity index (χ4v) is 1.16. The van der Waals surface area contributed by atoms with Gasteiger partial charge in [0, 0.05) is 5.56 Å². The maximum absolute atomic E-state index is 11.6. The molecule has 0 unspecified atom stereocenters. The summed E-state index contributed by atoms with van der Waals surface area (Å²) in [5.41, 5.74) is 1.30. The first-order chi connectivity index (χ1) is 7.36. The lowest BCUT2D eigenvalue weighted by Gasteiger charge is -1.92. The van der Waals surface area contributed by atoms with Crippen molar-refractivity contribution in [3.05, 3.63) is 60.3 Å². The number of hydrogen-bond donors (Lipinski definition) is 0. The molecule has 1 aromatic carbocycles. The summed E-state index contributed by atoms with van der Waals surface area (Å²) in [6.45, 7) is 0. The smallest absolute Gasteiger partial charge is 0.185 e. The van der Waals surface area contributed by atoms with Gasteiger partial charge in [-0.1, -0.05) is 30.3 Å². The van der Waals surface area contributed by atoms with Crippen LogP contribution in [0.2, 0.25) is 0 Å². The minimum absolute atomic E-state index is 0.0430. The highest BCUT2D eigenvalue weighted by Gasteiger charge is 1.99. The van der Waals surface area contributed by atoms with E-state index in [4.69, 9.17) is 4.42 Å². The Kier molecular flexibility index (Phi) is 2.74. The van der Waals surface area contributed by atoms with Crippen LogP contribution in [0.5, 0.6) is 0 Å². The molecule has 0 amide bonds. The fourth-order valence-electron chi connectivity index (χ4n) is 1.16. The van der Waals surface area contributed by atoms with Gasteiger partial charge in [0.1, 0.15) is 12.0 Å². The van der Waals surface area contributed by atoms with E-state index in [1.807, 2.05) is 18.2 Å². The third kappa shape index (κ3) is 2.40. The van der Waals surface area contributed by atoms with Crippen molar-refractivity contribution in [3.63, 3.8) is 0 Å². The largest absolute Gasteiger partial charge is 0.451 e. The lowest BCUT2D eigenvalue weighted by Crippen LogP contribution is -1.92. The molecule has 0 saturated carbocycles. The van der Waals surface area contributed by atoms with Gasteiger partial charge in [-0.15, -0.1) is 0 Å². The van der Waals surface area contributed by atoms with E-state index in [1.165, 1.54) is 18.7 Å². The van der Waals surface area contributed by atoms with E-state index in [2.05, 4.69) is 4.98 Å². The Labute approximate surface area is 87.1 Å². The summed E-state index contributed by atoms with van der Waals surface area (Å²) in [7, 11) is 0. The highest BCUT2D eigenvalue weighted by Crippen LogP contribution is 2.03. The summed E-state index contributed by atoms with van der Waals surface area (Å²) in [5, 5.41) is 0. The first-order valence-corrected chi connectivity index (χ1v) is 4.52. The Hall–Kier alpha value is -2.16. The van der Waals surface area contributed by atoms with Crippen molar-refractivity contribution in [3.8, 4) is 0 Å². The molecule has 3 heteroatoms. The van der Waals surface area contributed by atoms with E-state index in [-0.39, 0.29) is 5.78 Å². The van der Waals surface area contributed by atoms with Crippen LogP contribution in [0.25, 0.3) is 6.08 Å². The van der Waals surface area contributed by atoms with Crippen molar-refractivity contribution in [1.82, 2.24) is 4.98 Å². The van der Waals surface area contributed by atoms with Gasteiger partial charge in [-0.2, -0.15) is 0 Å². The molecule has 0 aliphatic carbocycles. The number of ketones is 1. The molecule has 0 aliphatic rings. The summed E-state index contributed by atoms with van der Waals surface area (Å²) in [5.74, 6) is -0.0430. The van der Waals surface area contributed by atoms with E-state index in [1.54, 1.807) is 18.2 Å². The number of benzene rings is 1. The third-order valence-electron chi connectivity index (χ3n) is 1.92. The van der Waals surface area contributed by atoms with Crippen molar-refractivity contribution in [1.29, 1.82) is 0 Å². The second kappa shape index (κ2) is 4.37. The van der Waals surface area contributed by atoms with Gasteiger partial charge in [-0.05, 0) is 12.2 Å². The fraction of sp³-hybridized carbons (Fsp3) is 0. The molecule has 0 aliphatic heterocycles. The molecule has 15 heavy (non-hydrogen) atoms. The molecule has 2 aromatic rings.